The Labute approximate surface area is 177 Å². The van der Waals surface area contributed by atoms with Crippen LogP contribution in [0.4, 0.5) is 5.69 Å². The average molecular weight is 408 g/mol. The molecular formula is C24H29N3O3. The van der Waals surface area contributed by atoms with Crippen LogP contribution in [0.15, 0.2) is 48.5 Å². The number of rotatable bonds is 5. The Bertz CT molecular complexity index is 920. The van der Waals surface area contributed by atoms with Gasteiger partial charge < -0.3 is 19.9 Å². The van der Waals surface area contributed by atoms with Gasteiger partial charge >= 0.3 is 5.97 Å². The summed E-state index contributed by atoms with van der Waals surface area (Å²) in [5.41, 5.74) is 2.11. The maximum atomic E-state index is 12.9. The van der Waals surface area contributed by atoms with E-state index < -0.39 is 11.6 Å². The molecular weight excluding hydrogens is 378 g/mol. The Balaban J connectivity index is 1.34. The molecule has 6 nitrogen and oxygen atoms in total. The van der Waals surface area contributed by atoms with E-state index >= 15 is 0 Å². The molecule has 1 fully saturated rings. The average Bonchev–Trinajstić information content (AvgIpc) is 2.74. The molecule has 1 unspecified atom stereocenters. The van der Waals surface area contributed by atoms with Crippen LogP contribution in [0.25, 0.3) is 0 Å². The highest BCUT2D eigenvalue weighted by Gasteiger charge is 2.42. The van der Waals surface area contributed by atoms with E-state index in [0.29, 0.717) is 17.7 Å². The number of hydrogen-bond donors (Lipinski definition) is 1. The van der Waals surface area contributed by atoms with Crippen LogP contribution in [-0.2, 0) is 22.4 Å². The van der Waals surface area contributed by atoms with Crippen molar-refractivity contribution in [2.75, 3.05) is 45.1 Å². The third-order valence-electron chi connectivity index (χ3n) is 6.09. The summed E-state index contributed by atoms with van der Waals surface area (Å²) < 4.78 is 5.51. The summed E-state index contributed by atoms with van der Waals surface area (Å²) in [7, 11) is 2.16. The molecule has 4 rings (SSSR count). The van der Waals surface area contributed by atoms with Gasteiger partial charge in [-0.3, -0.25) is 4.79 Å². The molecule has 6 heteroatoms. The molecule has 0 radical (unpaired) electrons. The summed E-state index contributed by atoms with van der Waals surface area (Å²) in [5, 5.41) is 2.91. The monoisotopic (exact) mass is 407 g/mol. The van der Waals surface area contributed by atoms with E-state index in [-0.39, 0.29) is 5.91 Å². The molecule has 0 aromatic heterocycles. The second-order valence-electron chi connectivity index (χ2n) is 8.50. The Morgan fingerprint density at radius 2 is 1.77 bits per heavy atom. The Kier molecular flexibility index (Phi) is 5.88. The minimum absolute atomic E-state index is 0.310. The van der Waals surface area contributed by atoms with E-state index in [1.807, 2.05) is 24.3 Å². The molecule has 0 spiro atoms. The van der Waals surface area contributed by atoms with Gasteiger partial charge in [0, 0.05) is 44.8 Å². The number of nitrogens with one attached hydrogen (secondary N) is 1. The smallest absolute Gasteiger partial charge is 0.339 e. The highest BCUT2D eigenvalue weighted by molar-refractivity contribution is 6.02. The summed E-state index contributed by atoms with van der Waals surface area (Å²) in [6, 6.07) is 15.2. The van der Waals surface area contributed by atoms with Crippen LogP contribution in [0.2, 0.25) is 0 Å². The maximum Gasteiger partial charge on any atom is 0.339 e. The van der Waals surface area contributed by atoms with Crippen molar-refractivity contribution < 1.29 is 14.3 Å². The van der Waals surface area contributed by atoms with Crippen LogP contribution in [0.5, 0.6) is 0 Å². The van der Waals surface area contributed by atoms with Crippen molar-refractivity contribution in [3.8, 4) is 0 Å². The summed E-state index contributed by atoms with van der Waals surface area (Å²) in [5.74, 6) is -0.760. The van der Waals surface area contributed by atoms with Crippen LogP contribution in [0.1, 0.15) is 28.4 Å². The van der Waals surface area contributed by atoms with Gasteiger partial charge in [0.25, 0.3) is 5.91 Å². The molecule has 2 aliphatic rings. The van der Waals surface area contributed by atoms with E-state index in [1.165, 1.54) is 5.56 Å². The van der Waals surface area contributed by atoms with Gasteiger partial charge in [0.05, 0.1) is 5.56 Å². The van der Waals surface area contributed by atoms with Crippen molar-refractivity contribution in [2.24, 2.45) is 0 Å². The maximum absolute atomic E-state index is 12.9. The predicted octanol–water partition coefficient (Wildman–Crippen LogP) is 2.59. The summed E-state index contributed by atoms with van der Waals surface area (Å²) in [6.45, 7) is 7.20. The van der Waals surface area contributed by atoms with Gasteiger partial charge in [0.1, 0.15) is 0 Å². The fourth-order valence-electron chi connectivity index (χ4n) is 4.04. The number of hydrogen-bond acceptors (Lipinski definition) is 5. The molecule has 0 saturated carbocycles. The Morgan fingerprint density at radius 3 is 2.50 bits per heavy atom. The first-order valence-corrected chi connectivity index (χ1v) is 10.6. The van der Waals surface area contributed by atoms with Gasteiger partial charge in [-0.25, -0.2) is 4.79 Å². The van der Waals surface area contributed by atoms with Crippen molar-refractivity contribution in [3.05, 3.63) is 65.2 Å². The lowest BCUT2D eigenvalue weighted by molar-refractivity contribution is -0.134. The SMILES string of the molecule is CN1CCN(CCc2ccc(NC(=O)C3(C)Cc4ccccc4C(=O)O3)cc2)CC1. The van der Waals surface area contributed by atoms with Crippen LogP contribution in [0, 0.1) is 0 Å². The zero-order chi connectivity index (χ0) is 21.1. The van der Waals surface area contributed by atoms with Crippen LogP contribution in [-0.4, -0.2) is 67.0 Å². The lowest BCUT2D eigenvalue weighted by Crippen LogP contribution is -2.48. The second kappa shape index (κ2) is 8.58. The topological polar surface area (TPSA) is 61.9 Å². The molecule has 30 heavy (non-hydrogen) atoms. The zero-order valence-electron chi connectivity index (χ0n) is 17.7. The lowest BCUT2D eigenvalue weighted by Gasteiger charge is -2.33. The molecule has 2 aromatic carbocycles. The number of benzene rings is 2. The molecule has 2 heterocycles. The highest BCUT2D eigenvalue weighted by Crippen LogP contribution is 2.29. The minimum Gasteiger partial charge on any atom is -0.445 e. The standard InChI is InChI=1S/C24H29N3O3/c1-24(17-19-5-3-4-6-21(19)22(28)30-24)23(29)25-20-9-7-18(8-10-20)11-12-27-15-13-26(2)14-16-27/h3-10H,11-17H2,1-2H3,(H,25,29). The van der Waals surface area contributed by atoms with E-state index in [2.05, 4.69) is 34.3 Å². The van der Waals surface area contributed by atoms with Crippen molar-refractivity contribution >= 4 is 17.6 Å². The fourth-order valence-corrected chi connectivity index (χ4v) is 4.04. The number of anilines is 1. The van der Waals surface area contributed by atoms with Gasteiger partial charge in [0.2, 0.25) is 0 Å². The molecule has 1 saturated heterocycles. The zero-order valence-corrected chi connectivity index (χ0v) is 17.7. The van der Waals surface area contributed by atoms with Gasteiger partial charge in [-0.05, 0) is 49.7 Å². The first-order chi connectivity index (χ1) is 14.4. The minimum atomic E-state index is -1.22. The number of piperazine rings is 1. The highest BCUT2D eigenvalue weighted by atomic mass is 16.6. The number of ether oxygens (including phenoxy) is 1. The molecule has 2 aromatic rings. The van der Waals surface area contributed by atoms with Crippen molar-refractivity contribution in [2.45, 2.75) is 25.4 Å². The number of nitrogens with zero attached hydrogens (tertiary/aromatic N) is 2. The molecule has 0 bridgehead atoms. The third-order valence-corrected chi connectivity index (χ3v) is 6.09. The Morgan fingerprint density at radius 1 is 1.07 bits per heavy atom. The van der Waals surface area contributed by atoms with Gasteiger partial charge in [-0.15, -0.1) is 0 Å². The summed E-state index contributed by atoms with van der Waals surface area (Å²) in [4.78, 5) is 30.1. The van der Waals surface area contributed by atoms with E-state index in [4.69, 9.17) is 4.74 Å². The van der Waals surface area contributed by atoms with Crippen LogP contribution < -0.4 is 5.32 Å². The number of likely N-dealkylation sites (N-methyl/N-ethyl adjacent to an activating group) is 1. The number of carbonyl (C=O) groups excluding carboxylic acids is 2. The first-order valence-electron chi connectivity index (χ1n) is 10.6. The number of amides is 1. The van der Waals surface area contributed by atoms with Gasteiger partial charge in [0.15, 0.2) is 5.60 Å². The third kappa shape index (κ3) is 4.55. The first kappa shape index (κ1) is 20.6. The summed E-state index contributed by atoms with van der Waals surface area (Å²) >= 11 is 0. The number of carbonyl (C=O) groups is 2. The van der Waals surface area contributed by atoms with Gasteiger partial charge in [-0.1, -0.05) is 30.3 Å². The summed E-state index contributed by atoms with van der Waals surface area (Å²) in [6.07, 6.45) is 1.36. The largest absolute Gasteiger partial charge is 0.445 e. The molecule has 1 N–H and O–H groups in total. The fraction of sp³-hybridized carbons (Fsp3) is 0.417. The second-order valence-corrected chi connectivity index (χ2v) is 8.50. The van der Waals surface area contributed by atoms with E-state index in [1.54, 1.807) is 19.1 Å². The lowest BCUT2D eigenvalue weighted by atomic mass is 9.89. The Hall–Kier alpha value is -2.70. The van der Waals surface area contributed by atoms with E-state index in [0.717, 1.165) is 44.7 Å². The molecule has 2 aliphatic heterocycles. The van der Waals surface area contributed by atoms with Crippen molar-refractivity contribution in [1.82, 2.24) is 9.80 Å². The van der Waals surface area contributed by atoms with E-state index in [9.17, 15) is 9.59 Å². The molecule has 1 atom stereocenters. The predicted molar refractivity (Wildman–Crippen MR) is 117 cm³/mol. The molecule has 0 aliphatic carbocycles. The number of esters is 1. The van der Waals surface area contributed by atoms with Gasteiger partial charge in [-0.2, -0.15) is 0 Å². The molecule has 158 valence electrons. The quantitative estimate of drug-likeness (QED) is 0.772. The van der Waals surface area contributed by atoms with Crippen molar-refractivity contribution in [1.29, 1.82) is 0 Å². The van der Waals surface area contributed by atoms with Crippen LogP contribution >= 0.6 is 0 Å². The molecule has 1 amide bonds. The number of cyclic esters (lactones) is 1. The normalized spacial score (nSPS) is 22.3. The van der Waals surface area contributed by atoms with Crippen LogP contribution in [0.3, 0.4) is 0 Å². The van der Waals surface area contributed by atoms with Crippen molar-refractivity contribution in [3.63, 3.8) is 0 Å². The number of fused-ring (bicyclic) bond motifs is 1.